The van der Waals surface area contributed by atoms with Crippen LogP contribution in [0.3, 0.4) is 0 Å². The zero-order valence-electron chi connectivity index (χ0n) is 19.1. The number of hydrogen-bond donors (Lipinski definition) is 0. The van der Waals surface area contributed by atoms with Gasteiger partial charge in [0.2, 0.25) is 0 Å². The summed E-state index contributed by atoms with van der Waals surface area (Å²) in [6.07, 6.45) is -0.214. The molecule has 2 saturated heterocycles. The van der Waals surface area contributed by atoms with E-state index in [4.69, 9.17) is 0 Å². The van der Waals surface area contributed by atoms with Gasteiger partial charge < -0.3 is 9.80 Å². The van der Waals surface area contributed by atoms with Gasteiger partial charge in [-0.05, 0) is 45.7 Å². The number of carbonyl (C=O) groups is 1. The summed E-state index contributed by atoms with van der Waals surface area (Å²) in [4.78, 5) is 31.8. The molecular weight excluding hydrogens is 433 g/mol. The molecule has 2 aromatic heterocycles. The minimum absolute atomic E-state index is 0.00436. The first-order valence-corrected chi connectivity index (χ1v) is 11.3. The summed E-state index contributed by atoms with van der Waals surface area (Å²) >= 11 is 0. The van der Waals surface area contributed by atoms with Gasteiger partial charge in [-0.25, -0.2) is 15.0 Å². The van der Waals surface area contributed by atoms with Crippen LogP contribution in [0, 0.1) is 13.8 Å². The number of alkyl halides is 3. The molecule has 0 radical (unpaired) electrons. The molecule has 7 nitrogen and oxygen atoms in total. The van der Waals surface area contributed by atoms with Crippen molar-refractivity contribution in [3.05, 3.63) is 47.2 Å². The number of nitrogens with zero attached hydrogens (tertiary/aromatic N) is 6. The van der Waals surface area contributed by atoms with Crippen LogP contribution in [0.25, 0.3) is 0 Å². The van der Waals surface area contributed by atoms with Crippen molar-refractivity contribution in [3.63, 3.8) is 0 Å². The van der Waals surface area contributed by atoms with Crippen LogP contribution in [-0.2, 0) is 6.18 Å². The molecule has 178 valence electrons. The molecular formula is C23H29F3N6O. The number of aryl methyl sites for hydroxylation is 2. The lowest BCUT2D eigenvalue weighted by molar-refractivity contribution is -0.137. The normalized spacial score (nSPS) is 20.8. The highest BCUT2D eigenvalue weighted by molar-refractivity contribution is 5.96. The predicted octanol–water partition coefficient (Wildman–Crippen LogP) is 3.32. The van der Waals surface area contributed by atoms with Crippen molar-refractivity contribution >= 4 is 11.7 Å². The number of pyridine rings is 1. The standard InChI is InChI=1S/C23H29F3N6O/c1-15-13-31(20-5-4-18(12-27-20)23(24,25)26)10-11-32(15)19-6-8-30(9-7-19)22(33)21-16(2)28-14-29-17(21)3/h4-5,12,14-15,19H,6-11,13H2,1-3H3/t15-/m0/s1. The van der Waals surface area contributed by atoms with Gasteiger partial charge in [-0.2, -0.15) is 13.2 Å². The number of aromatic nitrogens is 3. The number of amides is 1. The Kier molecular flexibility index (Phi) is 6.56. The maximum atomic E-state index is 13.0. The number of hydrogen-bond acceptors (Lipinski definition) is 6. The topological polar surface area (TPSA) is 65.5 Å². The maximum absolute atomic E-state index is 13.0. The predicted molar refractivity (Wildman–Crippen MR) is 118 cm³/mol. The van der Waals surface area contributed by atoms with Gasteiger partial charge in [0.25, 0.3) is 5.91 Å². The molecule has 10 heteroatoms. The van der Waals surface area contributed by atoms with Gasteiger partial charge in [0, 0.05) is 51.0 Å². The first-order chi connectivity index (χ1) is 15.6. The number of halogens is 3. The molecule has 33 heavy (non-hydrogen) atoms. The zero-order chi connectivity index (χ0) is 23.8. The van der Waals surface area contributed by atoms with Crippen LogP contribution in [0.5, 0.6) is 0 Å². The Morgan fingerprint density at radius 3 is 2.21 bits per heavy atom. The molecule has 0 unspecified atom stereocenters. The molecule has 0 aliphatic carbocycles. The fourth-order valence-corrected chi connectivity index (χ4v) is 4.92. The van der Waals surface area contributed by atoms with Gasteiger partial charge in [-0.15, -0.1) is 0 Å². The first-order valence-electron chi connectivity index (χ1n) is 11.3. The van der Waals surface area contributed by atoms with Crippen molar-refractivity contribution in [3.8, 4) is 0 Å². The molecule has 2 fully saturated rings. The Hall–Kier alpha value is -2.75. The summed E-state index contributed by atoms with van der Waals surface area (Å²) in [6.45, 7) is 9.41. The van der Waals surface area contributed by atoms with Gasteiger partial charge in [-0.1, -0.05) is 0 Å². The molecule has 2 aromatic rings. The summed E-state index contributed by atoms with van der Waals surface area (Å²) in [5.41, 5.74) is 1.28. The van der Waals surface area contributed by atoms with Gasteiger partial charge in [0.05, 0.1) is 22.5 Å². The summed E-state index contributed by atoms with van der Waals surface area (Å²) in [7, 11) is 0. The SMILES string of the molecule is Cc1ncnc(C)c1C(=O)N1CCC(N2CCN(c3ccc(C(F)(F)F)cn3)C[C@@H]2C)CC1. The van der Waals surface area contributed by atoms with Crippen LogP contribution < -0.4 is 4.90 Å². The van der Waals surface area contributed by atoms with Crippen LogP contribution in [0.2, 0.25) is 0 Å². The second-order valence-electron chi connectivity index (χ2n) is 8.88. The zero-order valence-corrected chi connectivity index (χ0v) is 19.1. The summed E-state index contributed by atoms with van der Waals surface area (Å²) < 4.78 is 38.4. The highest BCUT2D eigenvalue weighted by Crippen LogP contribution is 2.30. The molecule has 0 saturated carbocycles. The Morgan fingerprint density at radius 2 is 1.67 bits per heavy atom. The lowest BCUT2D eigenvalue weighted by Gasteiger charge is -2.46. The van der Waals surface area contributed by atoms with Gasteiger partial charge >= 0.3 is 6.18 Å². The third kappa shape index (κ3) is 4.95. The molecule has 2 aliphatic heterocycles. The van der Waals surface area contributed by atoms with E-state index in [2.05, 4.69) is 26.8 Å². The fourth-order valence-electron chi connectivity index (χ4n) is 4.92. The van der Waals surface area contributed by atoms with E-state index in [1.807, 2.05) is 23.6 Å². The quantitative estimate of drug-likeness (QED) is 0.697. The van der Waals surface area contributed by atoms with Crippen LogP contribution in [0.4, 0.5) is 19.0 Å². The molecule has 0 bridgehead atoms. The number of carbonyl (C=O) groups excluding carboxylic acids is 1. The lowest BCUT2D eigenvalue weighted by atomic mass is 9.98. The average Bonchev–Trinajstić information content (AvgIpc) is 2.78. The molecule has 2 aliphatic rings. The van der Waals surface area contributed by atoms with E-state index in [0.29, 0.717) is 55.0 Å². The van der Waals surface area contributed by atoms with E-state index in [0.717, 1.165) is 31.6 Å². The van der Waals surface area contributed by atoms with Crippen LogP contribution in [0.1, 0.15) is 47.1 Å². The van der Waals surface area contributed by atoms with E-state index < -0.39 is 11.7 Å². The number of piperazine rings is 1. The number of piperidine rings is 1. The van der Waals surface area contributed by atoms with Crippen molar-refractivity contribution in [2.45, 2.75) is 51.9 Å². The van der Waals surface area contributed by atoms with E-state index in [9.17, 15) is 18.0 Å². The highest BCUT2D eigenvalue weighted by Gasteiger charge is 2.35. The summed E-state index contributed by atoms with van der Waals surface area (Å²) in [5, 5.41) is 0. The Bertz CT molecular complexity index is 968. The second kappa shape index (κ2) is 9.24. The average molecular weight is 463 g/mol. The number of rotatable bonds is 3. The minimum atomic E-state index is -4.38. The van der Waals surface area contributed by atoms with Crippen molar-refractivity contribution in [1.82, 2.24) is 24.8 Å². The molecule has 0 N–H and O–H groups in total. The van der Waals surface area contributed by atoms with Crippen LogP contribution >= 0.6 is 0 Å². The molecule has 4 heterocycles. The van der Waals surface area contributed by atoms with E-state index in [-0.39, 0.29) is 11.9 Å². The Morgan fingerprint density at radius 1 is 1.00 bits per heavy atom. The molecule has 1 atom stereocenters. The van der Waals surface area contributed by atoms with Gasteiger partial charge in [-0.3, -0.25) is 9.69 Å². The lowest BCUT2D eigenvalue weighted by Crippen LogP contribution is -2.58. The van der Waals surface area contributed by atoms with Gasteiger partial charge in [0.1, 0.15) is 12.1 Å². The highest BCUT2D eigenvalue weighted by atomic mass is 19.4. The van der Waals surface area contributed by atoms with Crippen molar-refractivity contribution in [2.75, 3.05) is 37.6 Å². The summed E-state index contributed by atoms with van der Waals surface area (Å²) in [5.74, 6) is 0.570. The molecule has 0 spiro atoms. The molecule has 0 aromatic carbocycles. The largest absolute Gasteiger partial charge is 0.417 e. The minimum Gasteiger partial charge on any atom is -0.354 e. The fraction of sp³-hybridized carbons (Fsp3) is 0.565. The summed E-state index contributed by atoms with van der Waals surface area (Å²) in [6, 6.07) is 3.16. The second-order valence-corrected chi connectivity index (χ2v) is 8.88. The molecule has 4 rings (SSSR count). The number of likely N-dealkylation sites (tertiary alicyclic amines) is 1. The number of anilines is 1. The van der Waals surface area contributed by atoms with Gasteiger partial charge in [0.15, 0.2) is 0 Å². The van der Waals surface area contributed by atoms with Crippen molar-refractivity contribution in [1.29, 1.82) is 0 Å². The van der Waals surface area contributed by atoms with Crippen molar-refractivity contribution in [2.24, 2.45) is 0 Å². The molecule has 1 amide bonds. The van der Waals surface area contributed by atoms with E-state index in [1.54, 1.807) is 0 Å². The maximum Gasteiger partial charge on any atom is 0.417 e. The van der Waals surface area contributed by atoms with Crippen LogP contribution in [0.15, 0.2) is 24.7 Å². The monoisotopic (exact) mass is 462 g/mol. The smallest absolute Gasteiger partial charge is 0.354 e. The first kappa shape index (κ1) is 23.4. The third-order valence-electron chi connectivity index (χ3n) is 6.74. The Labute approximate surface area is 191 Å². The third-order valence-corrected chi connectivity index (χ3v) is 6.74. The van der Waals surface area contributed by atoms with E-state index in [1.165, 1.54) is 12.4 Å². The Balaban J connectivity index is 1.33. The van der Waals surface area contributed by atoms with Crippen molar-refractivity contribution < 1.29 is 18.0 Å². The van der Waals surface area contributed by atoms with Crippen LogP contribution in [-0.4, -0.2) is 75.5 Å². The van der Waals surface area contributed by atoms with E-state index >= 15 is 0 Å².